The molecular formula is C12H18N2O2S2. The fraction of sp³-hybridized carbons (Fsp3) is 0.583. The minimum absolute atomic E-state index is 0.200. The van der Waals surface area contributed by atoms with Gasteiger partial charge in [0.1, 0.15) is 14.9 Å². The molecule has 18 heavy (non-hydrogen) atoms. The molecule has 100 valence electrons. The third kappa shape index (κ3) is 3.38. The molecule has 1 aliphatic rings. The lowest BCUT2D eigenvalue weighted by Gasteiger charge is -2.27. The van der Waals surface area contributed by atoms with E-state index in [-0.39, 0.29) is 5.25 Å². The average molecular weight is 286 g/mol. The molecule has 1 fully saturated rings. The van der Waals surface area contributed by atoms with Crippen molar-refractivity contribution < 1.29 is 8.42 Å². The summed E-state index contributed by atoms with van der Waals surface area (Å²) in [6.07, 6.45) is 6.54. The van der Waals surface area contributed by atoms with E-state index < -0.39 is 9.84 Å². The second-order valence-corrected chi connectivity index (χ2v) is 8.37. The molecule has 4 nitrogen and oxygen atoms in total. The Labute approximate surface area is 112 Å². The number of nitrogens with zero attached hydrogens (tertiary/aromatic N) is 1. The first-order valence-corrected chi connectivity index (χ1v) is 8.86. The van der Waals surface area contributed by atoms with Gasteiger partial charge in [-0.05, 0) is 31.4 Å². The third-order valence-electron chi connectivity index (χ3n) is 3.26. The monoisotopic (exact) mass is 286 g/mol. The standard InChI is InChI=1S/C12H18N2O2S2/c1-18(15,16)10-5-2-4-9(8-10)17-12-11(13)6-3-7-14-12/h3,6-7,9-10H,2,4-5,8,13H2,1H3. The van der Waals surface area contributed by atoms with E-state index >= 15 is 0 Å². The van der Waals surface area contributed by atoms with Gasteiger partial charge >= 0.3 is 0 Å². The van der Waals surface area contributed by atoms with Crippen LogP contribution in [0.2, 0.25) is 0 Å². The number of sulfone groups is 1. The first kappa shape index (κ1) is 13.7. The minimum Gasteiger partial charge on any atom is -0.397 e. The molecule has 1 aliphatic carbocycles. The predicted molar refractivity (Wildman–Crippen MR) is 75.4 cm³/mol. The van der Waals surface area contributed by atoms with E-state index in [4.69, 9.17) is 5.73 Å². The molecule has 2 rings (SSSR count). The molecule has 0 bridgehead atoms. The molecule has 0 aromatic carbocycles. The highest BCUT2D eigenvalue weighted by Crippen LogP contribution is 2.36. The van der Waals surface area contributed by atoms with Crippen LogP contribution in [0.5, 0.6) is 0 Å². The van der Waals surface area contributed by atoms with Crippen molar-refractivity contribution in [1.29, 1.82) is 0 Å². The van der Waals surface area contributed by atoms with Crippen LogP contribution in [0.3, 0.4) is 0 Å². The summed E-state index contributed by atoms with van der Waals surface area (Å²) in [5.41, 5.74) is 6.53. The van der Waals surface area contributed by atoms with Crippen LogP contribution < -0.4 is 5.73 Å². The lowest BCUT2D eigenvalue weighted by Crippen LogP contribution is -2.28. The fourth-order valence-electron chi connectivity index (χ4n) is 2.26. The number of anilines is 1. The van der Waals surface area contributed by atoms with E-state index in [2.05, 4.69) is 4.98 Å². The fourth-order valence-corrected chi connectivity index (χ4v) is 4.81. The summed E-state index contributed by atoms with van der Waals surface area (Å²) < 4.78 is 23.2. The van der Waals surface area contributed by atoms with Crippen LogP contribution in [0.1, 0.15) is 25.7 Å². The Morgan fingerprint density at radius 1 is 1.44 bits per heavy atom. The van der Waals surface area contributed by atoms with Crippen LogP contribution in [0.4, 0.5) is 5.69 Å². The molecule has 2 atom stereocenters. The molecule has 0 aliphatic heterocycles. The van der Waals surface area contributed by atoms with Crippen molar-refractivity contribution in [3.63, 3.8) is 0 Å². The highest BCUT2D eigenvalue weighted by molar-refractivity contribution is 8.00. The van der Waals surface area contributed by atoms with Gasteiger partial charge in [-0.15, -0.1) is 11.8 Å². The Bertz CT molecular complexity index is 517. The van der Waals surface area contributed by atoms with Gasteiger partial charge in [0.25, 0.3) is 0 Å². The summed E-state index contributed by atoms with van der Waals surface area (Å²) >= 11 is 1.61. The van der Waals surface area contributed by atoms with Crippen molar-refractivity contribution in [3.05, 3.63) is 18.3 Å². The molecule has 0 amide bonds. The molecule has 1 aromatic rings. The Hall–Kier alpha value is -0.750. The van der Waals surface area contributed by atoms with Crippen molar-refractivity contribution in [2.75, 3.05) is 12.0 Å². The number of rotatable bonds is 3. The second-order valence-electron chi connectivity index (χ2n) is 4.76. The number of hydrogen-bond acceptors (Lipinski definition) is 5. The first-order chi connectivity index (χ1) is 8.47. The number of pyridine rings is 1. The van der Waals surface area contributed by atoms with Crippen LogP contribution in [-0.2, 0) is 9.84 Å². The maximum absolute atomic E-state index is 11.6. The molecule has 1 heterocycles. The smallest absolute Gasteiger partial charge is 0.150 e. The SMILES string of the molecule is CS(=O)(=O)C1CCCC(Sc2ncccc2N)C1. The van der Waals surface area contributed by atoms with Gasteiger partial charge in [-0.1, -0.05) is 6.42 Å². The Kier molecular flexibility index (Phi) is 4.17. The van der Waals surface area contributed by atoms with Crippen molar-refractivity contribution in [2.45, 2.75) is 41.2 Å². The third-order valence-corrected chi connectivity index (χ3v) is 6.23. The number of aromatic nitrogens is 1. The van der Waals surface area contributed by atoms with E-state index in [1.54, 1.807) is 24.0 Å². The van der Waals surface area contributed by atoms with Crippen molar-refractivity contribution in [3.8, 4) is 0 Å². The van der Waals surface area contributed by atoms with E-state index in [1.165, 1.54) is 6.26 Å². The molecule has 0 radical (unpaired) electrons. The molecule has 1 saturated carbocycles. The first-order valence-electron chi connectivity index (χ1n) is 6.03. The van der Waals surface area contributed by atoms with Gasteiger partial charge in [0.15, 0.2) is 0 Å². The molecular weight excluding hydrogens is 268 g/mol. The van der Waals surface area contributed by atoms with Gasteiger partial charge in [0.05, 0.1) is 10.9 Å². The topological polar surface area (TPSA) is 73.0 Å². The maximum Gasteiger partial charge on any atom is 0.150 e. The summed E-state index contributed by atoms with van der Waals surface area (Å²) in [5.74, 6) is 0. The maximum atomic E-state index is 11.6. The Morgan fingerprint density at radius 2 is 2.22 bits per heavy atom. The van der Waals surface area contributed by atoms with E-state index in [1.807, 2.05) is 6.07 Å². The summed E-state index contributed by atoms with van der Waals surface area (Å²) in [4.78, 5) is 4.25. The highest BCUT2D eigenvalue weighted by Gasteiger charge is 2.29. The van der Waals surface area contributed by atoms with E-state index in [9.17, 15) is 8.42 Å². The molecule has 2 N–H and O–H groups in total. The van der Waals surface area contributed by atoms with Gasteiger partial charge < -0.3 is 5.73 Å². The largest absolute Gasteiger partial charge is 0.397 e. The van der Waals surface area contributed by atoms with Crippen LogP contribution in [0.25, 0.3) is 0 Å². The quantitative estimate of drug-likeness (QED) is 0.921. The number of nitrogen functional groups attached to an aromatic ring is 1. The number of hydrogen-bond donors (Lipinski definition) is 1. The highest BCUT2D eigenvalue weighted by atomic mass is 32.2. The summed E-state index contributed by atoms with van der Waals surface area (Å²) in [7, 11) is -2.93. The van der Waals surface area contributed by atoms with Crippen LogP contribution >= 0.6 is 11.8 Å². The minimum atomic E-state index is -2.93. The van der Waals surface area contributed by atoms with E-state index in [0.29, 0.717) is 17.4 Å². The molecule has 1 aromatic heterocycles. The van der Waals surface area contributed by atoms with Crippen molar-refractivity contribution in [1.82, 2.24) is 4.98 Å². The second kappa shape index (κ2) is 5.48. The van der Waals surface area contributed by atoms with Crippen molar-refractivity contribution >= 4 is 27.3 Å². The summed E-state index contributed by atoms with van der Waals surface area (Å²) in [6.45, 7) is 0. The van der Waals surface area contributed by atoms with Gasteiger partial charge in [-0.2, -0.15) is 0 Å². The van der Waals surface area contributed by atoms with Crippen LogP contribution in [-0.4, -0.2) is 30.2 Å². The molecule has 0 spiro atoms. The normalized spacial score (nSPS) is 24.9. The zero-order valence-electron chi connectivity index (χ0n) is 10.4. The van der Waals surface area contributed by atoms with Crippen LogP contribution in [0.15, 0.2) is 23.4 Å². The Morgan fingerprint density at radius 3 is 2.89 bits per heavy atom. The van der Waals surface area contributed by atoms with Crippen LogP contribution in [0, 0.1) is 0 Å². The zero-order valence-corrected chi connectivity index (χ0v) is 12.0. The lowest BCUT2D eigenvalue weighted by atomic mass is 10.00. The summed E-state index contributed by atoms with van der Waals surface area (Å²) in [5, 5.41) is 0.918. The van der Waals surface area contributed by atoms with Gasteiger partial charge in [-0.3, -0.25) is 0 Å². The summed E-state index contributed by atoms with van der Waals surface area (Å²) in [6, 6.07) is 3.63. The lowest BCUT2D eigenvalue weighted by molar-refractivity contribution is 0.495. The Balaban J connectivity index is 2.05. The number of thioether (sulfide) groups is 1. The van der Waals surface area contributed by atoms with E-state index in [0.717, 1.165) is 24.3 Å². The zero-order chi connectivity index (χ0) is 13.2. The average Bonchev–Trinajstić information content (AvgIpc) is 2.31. The van der Waals surface area contributed by atoms with Gasteiger partial charge in [0.2, 0.25) is 0 Å². The molecule has 2 unspecified atom stereocenters. The molecule has 6 heteroatoms. The molecule has 0 saturated heterocycles. The number of nitrogens with two attached hydrogens (primary N) is 1. The predicted octanol–water partition coefficient (Wildman–Crippen LogP) is 2.11. The van der Waals surface area contributed by atoms with Crippen molar-refractivity contribution in [2.24, 2.45) is 0 Å². The van der Waals surface area contributed by atoms with Gasteiger partial charge in [-0.25, -0.2) is 13.4 Å². The van der Waals surface area contributed by atoms with Gasteiger partial charge in [0, 0.05) is 17.7 Å².